The number of piperazine rings is 1. The van der Waals surface area contributed by atoms with Gasteiger partial charge in [0.05, 0.1) is 28.4 Å². The standard InChI is InChI=1S/C23H23FN5O6S/c1-16(30)29(32)15-19-14-28(23(31)35-19)18-6-7-21(20(24)12-18)26-8-10-27(11-9-26)36(33,34)22-5-3-2-4-17(22)13-25/h2-7,12,19H,8-11,14-15H2,1H3/q-1/t19-/m0/s1. The molecule has 0 bridgehead atoms. The zero-order chi connectivity index (χ0) is 26.0. The highest BCUT2D eigenvalue weighted by Crippen LogP contribution is 2.30. The van der Waals surface area contributed by atoms with Crippen LogP contribution in [0.5, 0.6) is 0 Å². The third-order valence-corrected chi connectivity index (χ3v) is 8.00. The number of cyclic esters (lactones) is 1. The number of sulfonamides is 1. The molecule has 0 radical (unpaired) electrons. The van der Waals surface area contributed by atoms with E-state index in [0.29, 0.717) is 0 Å². The summed E-state index contributed by atoms with van der Waals surface area (Å²) in [4.78, 5) is 26.2. The Morgan fingerprint density at radius 3 is 2.56 bits per heavy atom. The average Bonchev–Trinajstić information content (AvgIpc) is 3.23. The number of nitrogens with zero attached hydrogens (tertiary/aromatic N) is 5. The van der Waals surface area contributed by atoms with Crippen molar-refractivity contribution in [2.45, 2.75) is 17.9 Å². The molecule has 190 valence electrons. The molecule has 2 amide bonds. The van der Waals surface area contributed by atoms with Crippen LogP contribution in [0.2, 0.25) is 0 Å². The number of hydrogen-bond donors (Lipinski definition) is 0. The number of carbonyl (C=O) groups is 2. The summed E-state index contributed by atoms with van der Waals surface area (Å²) < 4.78 is 47.5. The molecule has 13 heteroatoms. The van der Waals surface area contributed by atoms with Gasteiger partial charge < -0.3 is 19.9 Å². The molecule has 0 spiro atoms. The number of anilines is 2. The lowest BCUT2D eigenvalue weighted by atomic mass is 10.2. The number of nitriles is 1. The molecular formula is C23H23FN5O6S-. The lowest BCUT2D eigenvalue weighted by Crippen LogP contribution is -2.49. The van der Waals surface area contributed by atoms with Crippen molar-refractivity contribution in [2.75, 3.05) is 49.1 Å². The highest BCUT2D eigenvalue weighted by Gasteiger charge is 2.34. The second-order valence-electron chi connectivity index (χ2n) is 8.33. The summed E-state index contributed by atoms with van der Waals surface area (Å²) >= 11 is 0. The normalized spacial score (nSPS) is 18.6. The molecule has 2 aliphatic heterocycles. The number of hydrogen-bond acceptors (Lipinski definition) is 8. The lowest BCUT2D eigenvalue weighted by Gasteiger charge is -2.35. The number of benzene rings is 2. The van der Waals surface area contributed by atoms with Crippen molar-refractivity contribution < 1.29 is 27.1 Å². The molecule has 0 unspecified atom stereocenters. The largest absolute Gasteiger partial charge is 0.756 e. The number of amides is 2. The zero-order valence-corrected chi connectivity index (χ0v) is 20.1. The minimum atomic E-state index is -3.88. The molecule has 0 aromatic heterocycles. The number of carbonyl (C=O) groups excluding carboxylic acids is 2. The van der Waals surface area contributed by atoms with Gasteiger partial charge in [0.25, 0.3) is 0 Å². The Kier molecular flexibility index (Phi) is 7.11. The van der Waals surface area contributed by atoms with E-state index in [1.165, 1.54) is 39.5 Å². The van der Waals surface area contributed by atoms with Gasteiger partial charge in [-0.25, -0.2) is 17.6 Å². The first-order valence-corrected chi connectivity index (χ1v) is 12.5. The van der Waals surface area contributed by atoms with Crippen molar-refractivity contribution >= 4 is 33.4 Å². The van der Waals surface area contributed by atoms with Crippen LogP contribution in [0.4, 0.5) is 20.6 Å². The van der Waals surface area contributed by atoms with Crippen molar-refractivity contribution in [3.63, 3.8) is 0 Å². The van der Waals surface area contributed by atoms with Crippen LogP contribution in [-0.2, 0) is 19.6 Å². The van der Waals surface area contributed by atoms with Gasteiger partial charge >= 0.3 is 6.09 Å². The topological polar surface area (TPSA) is 137 Å². The average molecular weight is 517 g/mol. The van der Waals surface area contributed by atoms with Gasteiger partial charge in [0.2, 0.25) is 15.9 Å². The highest BCUT2D eigenvalue weighted by molar-refractivity contribution is 7.89. The van der Waals surface area contributed by atoms with Crippen molar-refractivity contribution in [3.8, 4) is 6.07 Å². The molecule has 2 saturated heterocycles. The fourth-order valence-corrected chi connectivity index (χ4v) is 5.72. The van der Waals surface area contributed by atoms with Crippen LogP contribution in [0.25, 0.3) is 0 Å². The fourth-order valence-electron chi connectivity index (χ4n) is 4.15. The van der Waals surface area contributed by atoms with E-state index in [1.807, 2.05) is 6.07 Å². The summed E-state index contributed by atoms with van der Waals surface area (Å²) in [5, 5.41) is 21.0. The van der Waals surface area contributed by atoms with E-state index < -0.39 is 33.9 Å². The number of halogens is 1. The van der Waals surface area contributed by atoms with Gasteiger partial charge in [-0.1, -0.05) is 12.1 Å². The fraction of sp³-hybridized carbons (Fsp3) is 0.348. The second kappa shape index (κ2) is 10.1. The Bertz CT molecular complexity index is 1320. The van der Waals surface area contributed by atoms with Gasteiger partial charge in [0, 0.05) is 39.6 Å². The predicted molar refractivity (Wildman–Crippen MR) is 127 cm³/mol. The van der Waals surface area contributed by atoms with Gasteiger partial charge in [-0.3, -0.25) is 9.69 Å². The molecule has 0 saturated carbocycles. The van der Waals surface area contributed by atoms with E-state index in [9.17, 15) is 28.5 Å². The first-order valence-electron chi connectivity index (χ1n) is 11.1. The van der Waals surface area contributed by atoms with E-state index in [4.69, 9.17) is 4.74 Å². The van der Waals surface area contributed by atoms with Crippen molar-refractivity contribution in [2.24, 2.45) is 0 Å². The highest BCUT2D eigenvalue weighted by atomic mass is 32.2. The second-order valence-corrected chi connectivity index (χ2v) is 10.2. The number of hydroxylamine groups is 2. The first kappa shape index (κ1) is 25.4. The van der Waals surface area contributed by atoms with Crippen LogP contribution < -0.4 is 9.80 Å². The number of rotatable bonds is 6. The van der Waals surface area contributed by atoms with E-state index in [1.54, 1.807) is 17.0 Å². The van der Waals surface area contributed by atoms with Crippen LogP contribution in [0.3, 0.4) is 0 Å². The SMILES string of the molecule is CC(=O)N([O-])C[C@@H]1CN(c2ccc(N3CCN(S(=O)(=O)c4ccccc4C#N)CC3)c(F)c2)C(=O)O1. The molecule has 0 N–H and O–H groups in total. The molecule has 2 aromatic rings. The zero-order valence-electron chi connectivity index (χ0n) is 19.3. The molecule has 2 fully saturated rings. The maximum atomic E-state index is 15.0. The minimum absolute atomic E-state index is 0.00958. The molecule has 2 aliphatic rings. The summed E-state index contributed by atoms with van der Waals surface area (Å²) in [6, 6.07) is 12.1. The maximum absolute atomic E-state index is 15.0. The Hall–Kier alpha value is -3.73. The van der Waals surface area contributed by atoms with Gasteiger partial charge in [0.1, 0.15) is 18.0 Å². The van der Waals surface area contributed by atoms with E-state index >= 15 is 4.39 Å². The van der Waals surface area contributed by atoms with E-state index in [2.05, 4.69) is 0 Å². The molecule has 4 rings (SSSR count). The lowest BCUT2D eigenvalue weighted by molar-refractivity contribution is -0.127. The van der Waals surface area contributed by atoms with Crippen molar-refractivity contribution in [1.29, 1.82) is 5.26 Å². The van der Waals surface area contributed by atoms with E-state index in [0.717, 1.165) is 6.92 Å². The van der Waals surface area contributed by atoms with Crippen molar-refractivity contribution in [3.05, 3.63) is 59.1 Å². The Morgan fingerprint density at radius 2 is 1.92 bits per heavy atom. The summed E-state index contributed by atoms with van der Waals surface area (Å²) in [6.07, 6.45) is -1.58. The molecule has 0 aliphatic carbocycles. The molecule has 11 nitrogen and oxygen atoms in total. The Balaban J connectivity index is 1.42. The number of ether oxygens (including phenoxy) is 1. The monoisotopic (exact) mass is 516 g/mol. The summed E-state index contributed by atoms with van der Waals surface area (Å²) in [5.41, 5.74) is 0.548. The summed E-state index contributed by atoms with van der Waals surface area (Å²) in [5.74, 6) is -1.31. The molecule has 36 heavy (non-hydrogen) atoms. The van der Waals surface area contributed by atoms with Crippen LogP contribution in [0.15, 0.2) is 47.4 Å². The third kappa shape index (κ3) is 4.97. The van der Waals surface area contributed by atoms with Crippen LogP contribution in [-0.4, -0.2) is 75.2 Å². The first-order chi connectivity index (χ1) is 17.1. The van der Waals surface area contributed by atoms with Crippen molar-refractivity contribution in [1.82, 2.24) is 9.37 Å². The van der Waals surface area contributed by atoms with Crippen LogP contribution in [0, 0.1) is 22.4 Å². The van der Waals surface area contributed by atoms with Crippen LogP contribution >= 0.6 is 0 Å². The molecular weight excluding hydrogens is 493 g/mol. The smallest absolute Gasteiger partial charge is 0.414 e. The summed E-state index contributed by atoms with van der Waals surface area (Å²) in [7, 11) is -3.88. The quantitative estimate of drug-likeness (QED) is 0.531. The van der Waals surface area contributed by atoms with Crippen LogP contribution in [0.1, 0.15) is 12.5 Å². The Labute approximate surface area is 207 Å². The predicted octanol–water partition coefficient (Wildman–Crippen LogP) is 1.88. The van der Waals surface area contributed by atoms with Gasteiger partial charge in [-0.2, -0.15) is 9.57 Å². The molecule has 1 atom stereocenters. The third-order valence-electron chi connectivity index (χ3n) is 6.04. The molecule has 2 heterocycles. The van der Waals surface area contributed by atoms with Gasteiger partial charge in [-0.15, -0.1) is 0 Å². The maximum Gasteiger partial charge on any atom is 0.414 e. The van der Waals surface area contributed by atoms with E-state index in [-0.39, 0.29) is 66.2 Å². The van der Waals surface area contributed by atoms with Gasteiger partial charge in [-0.05, 0) is 30.3 Å². The molecule has 2 aromatic carbocycles. The van der Waals surface area contributed by atoms with Gasteiger partial charge in [0.15, 0.2) is 0 Å². The minimum Gasteiger partial charge on any atom is -0.756 e. The Morgan fingerprint density at radius 1 is 1.22 bits per heavy atom. The summed E-state index contributed by atoms with van der Waals surface area (Å²) in [6.45, 7) is 1.44.